The van der Waals surface area contributed by atoms with Crippen LogP contribution in [0.3, 0.4) is 0 Å². The number of hydrogen-bond acceptors (Lipinski definition) is 3. The maximum Gasteiger partial charge on any atom is 0.211 e. The van der Waals surface area contributed by atoms with Gasteiger partial charge in [-0.1, -0.05) is 0 Å². The molecule has 4 nitrogen and oxygen atoms in total. The summed E-state index contributed by atoms with van der Waals surface area (Å²) in [6.07, 6.45) is 3.23. The summed E-state index contributed by atoms with van der Waals surface area (Å²) < 4.78 is 24.2. The molecule has 1 aliphatic heterocycles. The highest BCUT2D eigenvalue weighted by Crippen LogP contribution is 2.19. The van der Waals surface area contributed by atoms with Gasteiger partial charge in [-0.25, -0.2) is 12.7 Å². The van der Waals surface area contributed by atoms with Crippen LogP contribution >= 0.6 is 0 Å². The first-order chi connectivity index (χ1) is 7.18. The van der Waals surface area contributed by atoms with Gasteiger partial charge in [0.15, 0.2) is 0 Å². The highest BCUT2D eigenvalue weighted by atomic mass is 32.2. The fourth-order valence-corrected chi connectivity index (χ4v) is 2.77. The van der Waals surface area contributed by atoms with Gasteiger partial charge in [0.1, 0.15) is 0 Å². The Balaban J connectivity index is 2.33. The van der Waals surface area contributed by atoms with E-state index in [0.29, 0.717) is 19.0 Å². The molecule has 5 heteroatoms. The standard InChI is InChI=1S/C11H24N2O2S/c1-11(2,3)12-9-10-5-7-13(8-6-10)16(4,14)15/h10,12H,5-9H2,1-4H3. The minimum Gasteiger partial charge on any atom is -0.312 e. The van der Waals surface area contributed by atoms with Crippen LogP contribution in [0.2, 0.25) is 0 Å². The normalized spacial score (nSPS) is 21.2. The lowest BCUT2D eigenvalue weighted by atomic mass is 9.97. The van der Waals surface area contributed by atoms with E-state index in [2.05, 4.69) is 26.1 Å². The van der Waals surface area contributed by atoms with Gasteiger partial charge in [-0.15, -0.1) is 0 Å². The Labute approximate surface area is 99.5 Å². The zero-order valence-corrected chi connectivity index (χ0v) is 11.6. The predicted octanol–water partition coefficient (Wildman–Crippen LogP) is 1.05. The van der Waals surface area contributed by atoms with Crippen LogP contribution in [0.1, 0.15) is 33.6 Å². The molecule has 0 aromatic rings. The van der Waals surface area contributed by atoms with Gasteiger partial charge in [0.05, 0.1) is 6.26 Å². The third-order valence-electron chi connectivity index (χ3n) is 2.96. The molecular formula is C11H24N2O2S. The average molecular weight is 248 g/mol. The molecule has 0 saturated carbocycles. The molecule has 1 rings (SSSR count). The van der Waals surface area contributed by atoms with Crippen molar-refractivity contribution in [2.45, 2.75) is 39.2 Å². The van der Waals surface area contributed by atoms with Gasteiger partial charge in [0, 0.05) is 18.6 Å². The van der Waals surface area contributed by atoms with Crippen molar-refractivity contribution in [2.24, 2.45) is 5.92 Å². The Kier molecular flexibility index (Phi) is 4.37. The van der Waals surface area contributed by atoms with Crippen molar-refractivity contribution in [3.05, 3.63) is 0 Å². The molecule has 96 valence electrons. The van der Waals surface area contributed by atoms with E-state index in [0.717, 1.165) is 19.4 Å². The first-order valence-corrected chi connectivity index (χ1v) is 7.73. The molecule has 0 radical (unpaired) electrons. The largest absolute Gasteiger partial charge is 0.312 e. The van der Waals surface area contributed by atoms with E-state index in [9.17, 15) is 8.42 Å². The van der Waals surface area contributed by atoms with Gasteiger partial charge in [-0.3, -0.25) is 0 Å². The summed E-state index contributed by atoms with van der Waals surface area (Å²) >= 11 is 0. The van der Waals surface area contributed by atoms with Crippen LogP contribution in [-0.2, 0) is 10.0 Å². The van der Waals surface area contributed by atoms with Crippen molar-refractivity contribution in [2.75, 3.05) is 25.9 Å². The Hall–Kier alpha value is -0.130. The molecule has 0 aromatic heterocycles. The topological polar surface area (TPSA) is 49.4 Å². The van der Waals surface area contributed by atoms with Crippen LogP contribution < -0.4 is 5.32 Å². The van der Waals surface area contributed by atoms with Gasteiger partial charge in [0.25, 0.3) is 0 Å². The number of nitrogens with one attached hydrogen (secondary N) is 1. The summed E-state index contributed by atoms with van der Waals surface area (Å²) in [6, 6.07) is 0. The minimum absolute atomic E-state index is 0.147. The maximum atomic E-state index is 11.3. The van der Waals surface area contributed by atoms with E-state index in [4.69, 9.17) is 0 Å². The van der Waals surface area contributed by atoms with E-state index in [1.165, 1.54) is 6.26 Å². The number of rotatable bonds is 3. The molecule has 0 spiro atoms. The lowest BCUT2D eigenvalue weighted by molar-refractivity contribution is 0.252. The smallest absolute Gasteiger partial charge is 0.211 e. The lowest BCUT2D eigenvalue weighted by Gasteiger charge is -2.32. The molecule has 1 aliphatic rings. The fraction of sp³-hybridized carbons (Fsp3) is 1.00. The molecule has 0 unspecified atom stereocenters. The quantitative estimate of drug-likeness (QED) is 0.812. The molecule has 1 N–H and O–H groups in total. The molecule has 1 saturated heterocycles. The molecule has 0 aliphatic carbocycles. The van der Waals surface area contributed by atoms with Gasteiger partial charge < -0.3 is 5.32 Å². The van der Waals surface area contributed by atoms with Crippen LogP contribution in [0.15, 0.2) is 0 Å². The van der Waals surface area contributed by atoms with Crippen LogP contribution in [-0.4, -0.2) is 44.2 Å². The first-order valence-electron chi connectivity index (χ1n) is 5.88. The van der Waals surface area contributed by atoms with Crippen LogP contribution in [0.25, 0.3) is 0 Å². The summed E-state index contributed by atoms with van der Waals surface area (Å²) in [5, 5.41) is 3.48. The second-order valence-electron chi connectivity index (χ2n) is 5.74. The monoisotopic (exact) mass is 248 g/mol. The average Bonchev–Trinajstić information content (AvgIpc) is 2.13. The van der Waals surface area contributed by atoms with E-state index >= 15 is 0 Å². The minimum atomic E-state index is -2.98. The van der Waals surface area contributed by atoms with Crippen molar-refractivity contribution in [3.63, 3.8) is 0 Å². The highest BCUT2D eigenvalue weighted by Gasteiger charge is 2.25. The summed E-state index contributed by atoms with van der Waals surface area (Å²) in [5.41, 5.74) is 0.147. The van der Waals surface area contributed by atoms with Gasteiger partial charge in [-0.2, -0.15) is 0 Å². The molecule has 0 atom stereocenters. The number of nitrogens with zero attached hydrogens (tertiary/aromatic N) is 1. The van der Waals surface area contributed by atoms with Gasteiger partial charge in [-0.05, 0) is 46.1 Å². The van der Waals surface area contributed by atoms with Crippen LogP contribution in [0.5, 0.6) is 0 Å². The molecule has 16 heavy (non-hydrogen) atoms. The third kappa shape index (κ3) is 4.80. The molecule has 1 heterocycles. The first kappa shape index (κ1) is 13.9. The SMILES string of the molecule is CC(C)(C)NCC1CCN(S(C)(=O)=O)CC1. The zero-order valence-electron chi connectivity index (χ0n) is 10.8. The van der Waals surface area contributed by atoms with Gasteiger partial charge in [0.2, 0.25) is 10.0 Å². The van der Waals surface area contributed by atoms with E-state index in [1.807, 2.05) is 0 Å². The fourth-order valence-electron chi connectivity index (χ4n) is 1.90. The Morgan fingerprint density at radius 1 is 1.25 bits per heavy atom. The number of hydrogen-bond donors (Lipinski definition) is 1. The van der Waals surface area contributed by atoms with Crippen molar-refractivity contribution in [1.82, 2.24) is 9.62 Å². The van der Waals surface area contributed by atoms with Crippen LogP contribution in [0, 0.1) is 5.92 Å². The van der Waals surface area contributed by atoms with E-state index in [-0.39, 0.29) is 5.54 Å². The second-order valence-corrected chi connectivity index (χ2v) is 7.72. The lowest BCUT2D eigenvalue weighted by Crippen LogP contribution is -2.44. The Bertz CT molecular complexity index is 311. The molecule has 1 fully saturated rings. The summed E-state index contributed by atoms with van der Waals surface area (Å²) in [7, 11) is -2.98. The predicted molar refractivity (Wildman–Crippen MR) is 66.9 cm³/mol. The van der Waals surface area contributed by atoms with E-state index in [1.54, 1.807) is 4.31 Å². The van der Waals surface area contributed by atoms with Crippen LogP contribution in [0.4, 0.5) is 0 Å². The molecule has 0 aromatic carbocycles. The van der Waals surface area contributed by atoms with Crippen molar-refractivity contribution < 1.29 is 8.42 Å². The van der Waals surface area contributed by atoms with Crippen molar-refractivity contribution >= 4 is 10.0 Å². The number of piperidine rings is 1. The molecule has 0 amide bonds. The zero-order chi connectivity index (χ0) is 12.4. The highest BCUT2D eigenvalue weighted by molar-refractivity contribution is 7.88. The Morgan fingerprint density at radius 3 is 2.12 bits per heavy atom. The van der Waals surface area contributed by atoms with Crippen molar-refractivity contribution in [3.8, 4) is 0 Å². The van der Waals surface area contributed by atoms with Crippen molar-refractivity contribution in [1.29, 1.82) is 0 Å². The third-order valence-corrected chi connectivity index (χ3v) is 4.27. The maximum absolute atomic E-state index is 11.3. The second kappa shape index (κ2) is 5.02. The van der Waals surface area contributed by atoms with Gasteiger partial charge >= 0.3 is 0 Å². The van der Waals surface area contributed by atoms with E-state index < -0.39 is 10.0 Å². The number of sulfonamides is 1. The molecular weight excluding hydrogens is 224 g/mol. The summed E-state index contributed by atoms with van der Waals surface area (Å²) in [4.78, 5) is 0. The summed E-state index contributed by atoms with van der Waals surface area (Å²) in [6.45, 7) is 8.79. The Morgan fingerprint density at radius 2 is 1.75 bits per heavy atom. The summed E-state index contributed by atoms with van der Waals surface area (Å²) in [5.74, 6) is 0.609. The molecule has 0 bridgehead atoms.